The van der Waals surface area contributed by atoms with Crippen molar-refractivity contribution >= 4 is 5.97 Å². The molecular formula is C24H24N4O2. The van der Waals surface area contributed by atoms with Gasteiger partial charge in [-0.15, -0.1) is 0 Å². The van der Waals surface area contributed by atoms with Crippen LogP contribution < -0.4 is 4.74 Å². The second-order valence-electron chi connectivity index (χ2n) is 9.18. The number of carbonyl (C=O) groups is 1. The molecule has 0 N–H and O–H groups in total. The number of nitrogens with zero attached hydrogens (tertiary/aromatic N) is 4. The summed E-state index contributed by atoms with van der Waals surface area (Å²) in [6, 6.07) is 9.82. The number of aryl methyl sites for hydroxylation is 1. The highest BCUT2D eigenvalue weighted by Crippen LogP contribution is 2.67. The lowest BCUT2D eigenvalue weighted by Crippen LogP contribution is -2.46. The molecule has 0 amide bonds. The quantitative estimate of drug-likeness (QED) is 0.559. The summed E-state index contributed by atoms with van der Waals surface area (Å²) in [4.78, 5) is 22.7. The van der Waals surface area contributed by atoms with E-state index in [1.54, 1.807) is 0 Å². The first kappa shape index (κ1) is 20.0. The van der Waals surface area contributed by atoms with E-state index in [0.717, 1.165) is 17.5 Å². The van der Waals surface area contributed by atoms with Crippen LogP contribution in [0, 0.1) is 35.0 Å². The Balaban J connectivity index is 1.86. The summed E-state index contributed by atoms with van der Waals surface area (Å²) in [5, 5.41) is 18.8. The number of hydrogen-bond donors (Lipinski definition) is 0. The van der Waals surface area contributed by atoms with Crippen molar-refractivity contribution in [1.29, 1.82) is 10.5 Å². The van der Waals surface area contributed by atoms with Gasteiger partial charge >= 0.3 is 5.97 Å². The molecule has 2 unspecified atom stereocenters. The number of rotatable bonds is 3. The van der Waals surface area contributed by atoms with Gasteiger partial charge in [-0.1, -0.05) is 39.8 Å². The molecule has 6 heteroatoms. The monoisotopic (exact) mass is 400 g/mol. The molecule has 1 aromatic heterocycles. The standard InChI is InChI=1S/C24H24N4O2/c1-13(2)15-7-6-14(3)10-19(15)30-22(29)24-9-8-16(23(24,4)5)20-21(24)28-18(12-26)17(11-25)27-20/h6-7,10,13,16H,8-9H2,1-5H3. The average Bonchev–Trinajstić information content (AvgIpc) is 3.08. The number of fused-ring (bicyclic) bond motifs is 5. The number of esters is 1. The van der Waals surface area contributed by atoms with Gasteiger partial charge in [0.1, 0.15) is 23.3 Å². The maximum Gasteiger partial charge on any atom is 0.324 e. The van der Waals surface area contributed by atoms with Gasteiger partial charge in [-0.2, -0.15) is 10.5 Å². The molecule has 1 saturated carbocycles. The topological polar surface area (TPSA) is 99.7 Å². The van der Waals surface area contributed by atoms with Crippen molar-refractivity contribution < 1.29 is 9.53 Å². The van der Waals surface area contributed by atoms with E-state index in [4.69, 9.17) is 4.74 Å². The normalized spacial score (nSPS) is 23.0. The van der Waals surface area contributed by atoms with Crippen LogP contribution in [0.1, 0.15) is 86.3 Å². The van der Waals surface area contributed by atoms with Gasteiger partial charge in [-0.25, -0.2) is 9.97 Å². The molecule has 152 valence electrons. The lowest BCUT2D eigenvalue weighted by atomic mass is 9.68. The molecule has 0 aliphatic heterocycles. The molecule has 2 aromatic rings. The van der Waals surface area contributed by atoms with Crippen molar-refractivity contribution in [3.05, 3.63) is 52.1 Å². The maximum absolute atomic E-state index is 13.8. The number of carbonyl (C=O) groups excluding carboxylic acids is 1. The van der Waals surface area contributed by atoms with Crippen molar-refractivity contribution in [3.63, 3.8) is 0 Å². The minimum Gasteiger partial charge on any atom is -0.425 e. The third-order valence-electron chi connectivity index (χ3n) is 6.99. The molecule has 2 bridgehead atoms. The second kappa shape index (κ2) is 6.64. The first-order chi connectivity index (χ1) is 14.2. The van der Waals surface area contributed by atoms with Gasteiger partial charge in [0.15, 0.2) is 11.4 Å². The number of aromatic nitrogens is 2. The van der Waals surface area contributed by atoms with E-state index in [1.165, 1.54) is 0 Å². The molecule has 2 aliphatic rings. The van der Waals surface area contributed by atoms with Gasteiger partial charge in [0.05, 0.1) is 11.4 Å². The highest BCUT2D eigenvalue weighted by atomic mass is 16.5. The molecule has 1 heterocycles. The Bertz CT molecular complexity index is 1150. The highest BCUT2D eigenvalue weighted by molar-refractivity contribution is 5.89. The minimum absolute atomic E-state index is 0.00512. The van der Waals surface area contributed by atoms with Crippen molar-refractivity contribution in [3.8, 4) is 17.9 Å². The van der Waals surface area contributed by atoms with Gasteiger partial charge < -0.3 is 4.74 Å². The van der Waals surface area contributed by atoms with Gasteiger partial charge in [-0.3, -0.25) is 4.79 Å². The molecule has 4 rings (SSSR count). The molecule has 30 heavy (non-hydrogen) atoms. The Morgan fingerprint density at radius 1 is 1.20 bits per heavy atom. The minimum atomic E-state index is -0.989. The zero-order chi connectivity index (χ0) is 21.8. The number of hydrogen-bond acceptors (Lipinski definition) is 6. The Kier molecular flexibility index (Phi) is 4.43. The molecule has 0 saturated heterocycles. The van der Waals surface area contributed by atoms with Crippen LogP contribution in [0.5, 0.6) is 5.75 Å². The van der Waals surface area contributed by atoms with E-state index < -0.39 is 10.8 Å². The molecule has 0 radical (unpaired) electrons. The van der Waals surface area contributed by atoms with Crippen LogP contribution in [0.2, 0.25) is 0 Å². The summed E-state index contributed by atoms with van der Waals surface area (Å²) in [6.07, 6.45) is 1.36. The SMILES string of the molecule is Cc1ccc(C(C)C)c(OC(=O)C23CCC(c4nc(C#N)c(C#N)nc42)C3(C)C)c1. The molecule has 2 aliphatic carbocycles. The van der Waals surface area contributed by atoms with Gasteiger partial charge in [0, 0.05) is 5.92 Å². The van der Waals surface area contributed by atoms with E-state index in [9.17, 15) is 15.3 Å². The number of ether oxygens (including phenoxy) is 1. The summed E-state index contributed by atoms with van der Waals surface area (Å²) in [5.74, 6) is 0.409. The van der Waals surface area contributed by atoms with E-state index in [2.05, 4.69) is 23.8 Å². The van der Waals surface area contributed by atoms with E-state index in [0.29, 0.717) is 23.6 Å². The van der Waals surface area contributed by atoms with Crippen LogP contribution in [0.15, 0.2) is 18.2 Å². The van der Waals surface area contributed by atoms with Gasteiger partial charge in [-0.05, 0) is 48.3 Å². The maximum atomic E-state index is 13.8. The van der Waals surface area contributed by atoms with Crippen LogP contribution >= 0.6 is 0 Å². The zero-order valence-corrected chi connectivity index (χ0v) is 17.9. The summed E-state index contributed by atoms with van der Waals surface area (Å²) in [7, 11) is 0. The van der Waals surface area contributed by atoms with Crippen LogP contribution in [0.3, 0.4) is 0 Å². The molecule has 2 atom stereocenters. The fourth-order valence-electron chi connectivity index (χ4n) is 5.26. The number of benzene rings is 1. The van der Waals surface area contributed by atoms with Crippen LogP contribution in [0.25, 0.3) is 0 Å². The highest BCUT2D eigenvalue weighted by Gasteiger charge is 2.69. The van der Waals surface area contributed by atoms with E-state index >= 15 is 0 Å². The van der Waals surface area contributed by atoms with Crippen LogP contribution in [-0.4, -0.2) is 15.9 Å². The second-order valence-corrected chi connectivity index (χ2v) is 9.18. The summed E-state index contributed by atoms with van der Waals surface area (Å²) >= 11 is 0. The first-order valence-electron chi connectivity index (χ1n) is 10.2. The first-order valence-corrected chi connectivity index (χ1v) is 10.2. The Morgan fingerprint density at radius 2 is 1.87 bits per heavy atom. The van der Waals surface area contributed by atoms with E-state index in [-0.39, 0.29) is 29.2 Å². The summed E-state index contributed by atoms with van der Waals surface area (Å²) in [5.41, 5.74) is 1.66. The number of nitriles is 2. The van der Waals surface area contributed by atoms with Crippen LogP contribution in [-0.2, 0) is 10.2 Å². The third-order valence-corrected chi connectivity index (χ3v) is 6.99. The summed E-state index contributed by atoms with van der Waals surface area (Å²) < 4.78 is 6.06. The predicted molar refractivity (Wildman–Crippen MR) is 110 cm³/mol. The van der Waals surface area contributed by atoms with E-state index in [1.807, 2.05) is 51.1 Å². The summed E-state index contributed by atoms with van der Waals surface area (Å²) in [6.45, 7) is 10.2. The third kappa shape index (κ3) is 2.50. The van der Waals surface area contributed by atoms with Crippen molar-refractivity contribution in [2.75, 3.05) is 0 Å². The van der Waals surface area contributed by atoms with Gasteiger partial charge in [0.2, 0.25) is 0 Å². The molecule has 0 spiro atoms. The van der Waals surface area contributed by atoms with Crippen LogP contribution in [0.4, 0.5) is 0 Å². The van der Waals surface area contributed by atoms with Crippen molar-refractivity contribution in [1.82, 2.24) is 9.97 Å². The Labute approximate surface area is 176 Å². The Morgan fingerprint density at radius 3 is 2.50 bits per heavy atom. The molecule has 1 fully saturated rings. The van der Waals surface area contributed by atoms with Crippen molar-refractivity contribution in [2.24, 2.45) is 5.41 Å². The smallest absolute Gasteiger partial charge is 0.324 e. The zero-order valence-electron chi connectivity index (χ0n) is 17.9. The molecule has 1 aromatic carbocycles. The lowest BCUT2D eigenvalue weighted by molar-refractivity contribution is -0.144. The van der Waals surface area contributed by atoms with Crippen molar-refractivity contribution in [2.45, 2.75) is 64.7 Å². The average molecular weight is 400 g/mol. The fraction of sp³-hybridized carbons (Fsp3) is 0.458. The molecule has 6 nitrogen and oxygen atoms in total. The lowest BCUT2D eigenvalue weighted by Gasteiger charge is -2.35. The predicted octanol–water partition coefficient (Wildman–Crippen LogP) is 4.41. The van der Waals surface area contributed by atoms with Gasteiger partial charge in [0.25, 0.3) is 0 Å². The largest absolute Gasteiger partial charge is 0.425 e. The Hall–Kier alpha value is -3.25. The fourth-order valence-corrected chi connectivity index (χ4v) is 5.26. The molecular weight excluding hydrogens is 376 g/mol.